The van der Waals surface area contributed by atoms with Crippen LogP contribution < -0.4 is 9.47 Å². The lowest BCUT2D eigenvalue weighted by molar-refractivity contribution is 0.311. The van der Waals surface area contributed by atoms with Crippen molar-refractivity contribution in [2.75, 3.05) is 13.7 Å². The lowest BCUT2D eigenvalue weighted by atomic mass is 10.2. The van der Waals surface area contributed by atoms with Crippen molar-refractivity contribution in [2.24, 2.45) is 0 Å². The zero-order chi connectivity index (χ0) is 15.4. The van der Waals surface area contributed by atoms with Crippen LogP contribution >= 0.6 is 11.3 Å². The second kappa shape index (κ2) is 6.53. The first-order chi connectivity index (χ1) is 10.8. The summed E-state index contributed by atoms with van der Waals surface area (Å²) in [5, 5.41) is 2.88. The topological polar surface area (TPSA) is 57.1 Å². The lowest BCUT2D eigenvalue weighted by Gasteiger charge is -2.10. The Morgan fingerprint density at radius 2 is 2.05 bits per heavy atom. The number of nitrogens with zero attached hydrogens (tertiary/aromatic N) is 3. The number of rotatable bonds is 5. The molecule has 0 spiro atoms. The average molecular weight is 313 g/mol. The molecule has 0 bridgehead atoms. The number of aromatic nitrogens is 3. The second-order valence-corrected chi connectivity index (χ2v) is 5.29. The zero-order valence-electron chi connectivity index (χ0n) is 12.3. The van der Waals surface area contributed by atoms with Crippen molar-refractivity contribution in [2.45, 2.75) is 6.92 Å². The van der Waals surface area contributed by atoms with E-state index in [1.165, 1.54) is 0 Å². The van der Waals surface area contributed by atoms with Crippen LogP contribution in [0.5, 0.6) is 11.5 Å². The molecule has 6 heteroatoms. The molecular formula is C16H15N3O2S. The van der Waals surface area contributed by atoms with Crippen molar-refractivity contribution in [3.05, 3.63) is 42.2 Å². The van der Waals surface area contributed by atoms with E-state index >= 15 is 0 Å². The molecule has 0 aliphatic heterocycles. The molecule has 0 N–H and O–H groups in total. The van der Waals surface area contributed by atoms with E-state index in [4.69, 9.17) is 9.47 Å². The first kappa shape index (κ1) is 14.5. The minimum Gasteiger partial charge on any atom is -0.493 e. The highest BCUT2D eigenvalue weighted by Crippen LogP contribution is 2.34. The summed E-state index contributed by atoms with van der Waals surface area (Å²) in [5.74, 6) is 1.44. The number of thiazole rings is 1. The highest BCUT2D eigenvalue weighted by atomic mass is 32.1. The third-order valence-electron chi connectivity index (χ3n) is 3.04. The first-order valence-corrected chi connectivity index (χ1v) is 7.73. The van der Waals surface area contributed by atoms with Gasteiger partial charge in [-0.25, -0.2) is 4.98 Å². The summed E-state index contributed by atoms with van der Waals surface area (Å²) >= 11 is 1.56. The molecule has 0 aliphatic rings. The fourth-order valence-electron chi connectivity index (χ4n) is 2.03. The average Bonchev–Trinajstić information content (AvgIpc) is 3.06. The monoisotopic (exact) mass is 313 g/mol. The molecule has 2 heterocycles. The van der Waals surface area contributed by atoms with E-state index in [9.17, 15) is 0 Å². The van der Waals surface area contributed by atoms with Gasteiger partial charge in [0.05, 0.1) is 19.9 Å². The largest absolute Gasteiger partial charge is 0.493 e. The third kappa shape index (κ3) is 2.92. The van der Waals surface area contributed by atoms with Crippen LogP contribution in [0, 0.1) is 0 Å². The van der Waals surface area contributed by atoms with Gasteiger partial charge in [0.1, 0.15) is 16.4 Å². The Balaban J connectivity index is 1.95. The number of methoxy groups -OCH3 is 1. The number of ether oxygens (including phenoxy) is 2. The molecule has 22 heavy (non-hydrogen) atoms. The summed E-state index contributed by atoms with van der Waals surface area (Å²) in [5.41, 5.74) is 2.58. The van der Waals surface area contributed by atoms with E-state index in [1.54, 1.807) is 37.0 Å². The maximum absolute atomic E-state index is 5.61. The number of hydrogen-bond acceptors (Lipinski definition) is 6. The van der Waals surface area contributed by atoms with Gasteiger partial charge in [-0.05, 0) is 25.1 Å². The normalized spacial score (nSPS) is 10.5. The molecule has 0 amide bonds. The standard InChI is InChI=1S/C16H15N3O2S/c1-3-21-15-8-11(4-5-14(15)20-2)16-19-13(10-22-16)12-9-17-6-7-18-12/h4-10H,3H2,1-2H3. The lowest BCUT2D eigenvalue weighted by Crippen LogP contribution is -1.95. The maximum atomic E-state index is 5.61. The summed E-state index contributed by atoms with van der Waals surface area (Å²) < 4.78 is 10.9. The van der Waals surface area contributed by atoms with Gasteiger partial charge in [0.25, 0.3) is 0 Å². The molecule has 0 atom stereocenters. The molecule has 112 valence electrons. The van der Waals surface area contributed by atoms with E-state index in [1.807, 2.05) is 30.5 Å². The molecule has 0 aliphatic carbocycles. The van der Waals surface area contributed by atoms with Crippen LogP contribution in [0.4, 0.5) is 0 Å². The Hall–Kier alpha value is -2.47. The van der Waals surface area contributed by atoms with Crippen LogP contribution in [-0.2, 0) is 0 Å². The zero-order valence-corrected chi connectivity index (χ0v) is 13.1. The Kier molecular flexibility index (Phi) is 4.29. The van der Waals surface area contributed by atoms with E-state index in [2.05, 4.69) is 15.0 Å². The van der Waals surface area contributed by atoms with Crippen LogP contribution in [0.3, 0.4) is 0 Å². The van der Waals surface area contributed by atoms with Crippen LogP contribution in [0.2, 0.25) is 0 Å². The van der Waals surface area contributed by atoms with Crippen LogP contribution in [0.25, 0.3) is 22.0 Å². The smallest absolute Gasteiger partial charge is 0.161 e. The van der Waals surface area contributed by atoms with Gasteiger partial charge in [0, 0.05) is 23.3 Å². The molecular weight excluding hydrogens is 298 g/mol. The molecule has 0 radical (unpaired) electrons. The summed E-state index contributed by atoms with van der Waals surface area (Å²) in [6.07, 6.45) is 5.02. The van der Waals surface area contributed by atoms with Crippen molar-refractivity contribution < 1.29 is 9.47 Å². The van der Waals surface area contributed by atoms with Gasteiger partial charge in [0.15, 0.2) is 11.5 Å². The molecule has 0 fully saturated rings. The van der Waals surface area contributed by atoms with Crippen LogP contribution in [-0.4, -0.2) is 28.7 Å². The minimum absolute atomic E-state index is 0.586. The van der Waals surface area contributed by atoms with Gasteiger partial charge in [-0.1, -0.05) is 0 Å². The van der Waals surface area contributed by atoms with Crippen LogP contribution in [0.15, 0.2) is 42.2 Å². The van der Waals surface area contributed by atoms with Crippen molar-refractivity contribution in [1.29, 1.82) is 0 Å². The molecule has 0 saturated carbocycles. The highest BCUT2D eigenvalue weighted by Gasteiger charge is 2.11. The van der Waals surface area contributed by atoms with E-state index in [0.717, 1.165) is 33.5 Å². The minimum atomic E-state index is 0.586. The van der Waals surface area contributed by atoms with Gasteiger partial charge in [0.2, 0.25) is 0 Å². The van der Waals surface area contributed by atoms with E-state index in [0.29, 0.717) is 6.61 Å². The molecule has 0 saturated heterocycles. The van der Waals surface area contributed by atoms with Crippen molar-refractivity contribution in [3.8, 4) is 33.5 Å². The maximum Gasteiger partial charge on any atom is 0.161 e. The highest BCUT2D eigenvalue weighted by molar-refractivity contribution is 7.13. The molecule has 3 aromatic rings. The molecule has 0 unspecified atom stereocenters. The summed E-state index contributed by atoms with van der Waals surface area (Å²) in [6.45, 7) is 2.53. The van der Waals surface area contributed by atoms with E-state index < -0.39 is 0 Å². The van der Waals surface area contributed by atoms with Gasteiger partial charge < -0.3 is 9.47 Å². The molecule has 3 rings (SSSR count). The Bertz CT molecular complexity index is 759. The summed E-state index contributed by atoms with van der Waals surface area (Å²) in [6, 6.07) is 5.81. The van der Waals surface area contributed by atoms with Crippen molar-refractivity contribution in [3.63, 3.8) is 0 Å². The van der Waals surface area contributed by atoms with Gasteiger partial charge in [-0.2, -0.15) is 0 Å². The van der Waals surface area contributed by atoms with Gasteiger partial charge >= 0.3 is 0 Å². The predicted octanol–water partition coefficient (Wildman–Crippen LogP) is 3.67. The quantitative estimate of drug-likeness (QED) is 0.719. The van der Waals surface area contributed by atoms with Gasteiger partial charge in [-0.3, -0.25) is 9.97 Å². The first-order valence-electron chi connectivity index (χ1n) is 6.85. The Labute approximate surface area is 132 Å². The number of benzene rings is 1. The summed E-state index contributed by atoms with van der Waals surface area (Å²) in [4.78, 5) is 13.0. The molecule has 1 aromatic carbocycles. The van der Waals surface area contributed by atoms with Gasteiger partial charge in [-0.15, -0.1) is 11.3 Å². The molecule has 2 aromatic heterocycles. The fraction of sp³-hybridized carbons (Fsp3) is 0.188. The Morgan fingerprint density at radius 1 is 1.14 bits per heavy atom. The van der Waals surface area contributed by atoms with Crippen molar-refractivity contribution >= 4 is 11.3 Å². The Morgan fingerprint density at radius 3 is 2.77 bits per heavy atom. The molecule has 5 nitrogen and oxygen atoms in total. The van der Waals surface area contributed by atoms with E-state index in [-0.39, 0.29) is 0 Å². The second-order valence-electron chi connectivity index (χ2n) is 4.43. The number of hydrogen-bond donors (Lipinski definition) is 0. The third-order valence-corrected chi connectivity index (χ3v) is 3.93. The van der Waals surface area contributed by atoms with Crippen molar-refractivity contribution in [1.82, 2.24) is 15.0 Å². The van der Waals surface area contributed by atoms with Crippen LogP contribution in [0.1, 0.15) is 6.92 Å². The predicted molar refractivity (Wildman–Crippen MR) is 86.3 cm³/mol. The SMILES string of the molecule is CCOc1cc(-c2nc(-c3cnccn3)cs2)ccc1OC. The fourth-order valence-corrected chi connectivity index (χ4v) is 2.84. The summed E-state index contributed by atoms with van der Waals surface area (Å²) in [7, 11) is 1.63.